The fourth-order valence-electron chi connectivity index (χ4n) is 2.26. The molecule has 0 atom stereocenters. The first-order valence-electron chi connectivity index (χ1n) is 7.30. The molecule has 3 heteroatoms. The lowest BCUT2D eigenvalue weighted by Crippen LogP contribution is -2.23. The monoisotopic (exact) mass is 291 g/mol. The summed E-state index contributed by atoms with van der Waals surface area (Å²) in [4.78, 5) is 11.8. The molecular weight excluding hydrogens is 274 g/mol. The molecule has 0 saturated carbocycles. The number of hydrogen-bond acceptors (Lipinski definition) is 2. The van der Waals surface area contributed by atoms with Crippen molar-refractivity contribution in [2.45, 2.75) is 6.42 Å². The van der Waals surface area contributed by atoms with Gasteiger partial charge in [-0.3, -0.25) is 4.79 Å². The molecule has 0 aliphatic heterocycles. The Kier molecular flexibility index (Phi) is 4.35. The molecule has 110 valence electrons. The Labute approximate surface area is 129 Å². The minimum atomic E-state index is -0.0973. The summed E-state index contributed by atoms with van der Waals surface area (Å²) in [7, 11) is 0. The molecule has 2 aromatic carbocycles. The van der Waals surface area contributed by atoms with Crippen molar-refractivity contribution < 1.29 is 9.21 Å². The molecule has 1 N–H and O–H groups in total. The minimum absolute atomic E-state index is 0.0973. The number of para-hydroxylation sites is 1. The van der Waals surface area contributed by atoms with Crippen LogP contribution in [0.15, 0.2) is 71.2 Å². The molecule has 0 saturated heterocycles. The molecule has 0 spiro atoms. The largest absolute Gasteiger partial charge is 0.461 e. The first kappa shape index (κ1) is 14.1. The molecule has 3 rings (SSSR count). The molecule has 1 amide bonds. The van der Waals surface area contributed by atoms with Crippen molar-refractivity contribution in [3.05, 3.63) is 78.1 Å². The zero-order chi connectivity index (χ0) is 15.2. The van der Waals surface area contributed by atoms with E-state index < -0.39 is 0 Å². The second-order valence-electron chi connectivity index (χ2n) is 5.04. The van der Waals surface area contributed by atoms with E-state index >= 15 is 0 Å². The van der Waals surface area contributed by atoms with E-state index in [-0.39, 0.29) is 5.91 Å². The zero-order valence-corrected chi connectivity index (χ0v) is 12.2. The van der Waals surface area contributed by atoms with Crippen molar-refractivity contribution in [1.29, 1.82) is 0 Å². The Balaban J connectivity index is 1.50. The van der Waals surface area contributed by atoms with E-state index in [1.807, 2.05) is 60.7 Å². The van der Waals surface area contributed by atoms with Crippen molar-refractivity contribution in [3.8, 4) is 0 Å². The summed E-state index contributed by atoms with van der Waals surface area (Å²) < 4.78 is 5.71. The summed E-state index contributed by atoms with van der Waals surface area (Å²) in [6.45, 7) is 0.553. The van der Waals surface area contributed by atoms with Crippen LogP contribution in [0.3, 0.4) is 0 Å². The van der Waals surface area contributed by atoms with Crippen LogP contribution in [0.25, 0.3) is 17.0 Å². The summed E-state index contributed by atoms with van der Waals surface area (Å²) in [5.74, 6) is 0.786. The van der Waals surface area contributed by atoms with Gasteiger partial charge in [0.25, 0.3) is 0 Å². The Bertz CT molecular complexity index is 754. The third kappa shape index (κ3) is 3.64. The fraction of sp³-hybridized carbons (Fsp3) is 0.105. The number of rotatable bonds is 5. The van der Waals surface area contributed by atoms with E-state index in [1.54, 1.807) is 12.2 Å². The lowest BCUT2D eigenvalue weighted by Gasteiger charge is -1.99. The van der Waals surface area contributed by atoms with Crippen LogP contribution in [0.4, 0.5) is 0 Å². The lowest BCUT2D eigenvalue weighted by molar-refractivity contribution is -0.116. The average Bonchev–Trinajstić information content (AvgIpc) is 2.96. The molecular formula is C19H17NO2. The highest BCUT2D eigenvalue weighted by Crippen LogP contribution is 2.18. The third-order valence-corrected chi connectivity index (χ3v) is 3.37. The van der Waals surface area contributed by atoms with Crippen LogP contribution in [-0.2, 0) is 11.2 Å². The van der Waals surface area contributed by atoms with Gasteiger partial charge < -0.3 is 9.73 Å². The number of benzene rings is 2. The summed E-state index contributed by atoms with van der Waals surface area (Å²) in [5, 5.41) is 3.95. The molecule has 22 heavy (non-hydrogen) atoms. The predicted molar refractivity (Wildman–Crippen MR) is 88.4 cm³/mol. The quantitative estimate of drug-likeness (QED) is 0.726. The Morgan fingerprint density at radius 3 is 2.64 bits per heavy atom. The molecule has 0 fully saturated rings. The molecule has 1 heterocycles. The standard InChI is InChI=1S/C19H17NO2/c21-19(11-10-15-6-2-1-3-7-15)20-13-12-17-14-16-8-4-5-9-18(16)22-17/h1-11,14H,12-13H2,(H,20,21)/b11-10+. The van der Waals surface area contributed by atoms with Crippen LogP contribution < -0.4 is 5.32 Å². The van der Waals surface area contributed by atoms with E-state index in [1.165, 1.54) is 0 Å². The maximum Gasteiger partial charge on any atom is 0.244 e. The minimum Gasteiger partial charge on any atom is -0.461 e. The van der Waals surface area contributed by atoms with Crippen LogP contribution in [0, 0.1) is 0 Å². The number of carbonyl (C=O) groups is 1. The second-order valence-corrected chi connectivity index (χ2v) is 5.04. The van der Waals surface area contributed by atoms with Crippen molar-refractivity contribution in [1.82, 2.24) is 5.32 Å². The topological polar surface area (TPSA) is 42.2 Å². The van der Waals surface area contributed by atoms with E-state index in [4.69, 9.17) is 4.42 Å². The number of fused-ring (bicyclic) bond motifs is 1. The maximum absolute atomic E-state index is 11.8. The van der Waals surface area contributed by atoms with E-state index in [2.05, 4.69) is 5.32 Å². The Hall–Kier alpha value is -2.81. The normalized spacial score (nSPS) is 11.1. The lowest BCUT2D eigenvalue weighted by atomic mass is 10.2. The Morgan fingerprint density at radius 1 is 1.05 bits per heavy atom. The highest BCUT2D eigenvalue weighted by Gasteiger charge is 2.03. The smallest absolute Gasteiger partial charge is 0.244 e. The van der Waals surface area contributed by atoms with Gasteiger partial charge in [-0.05, 0) is 23.8 Å². The van der Waals surface area contributed by atoms with Crippen LogP contribution in [-0.4, -0.2) is 12.5 Å². The third-order valence-electron chi connectivity index (χ3n) is 3.37. The summed E-state index contributed by atoms with van der Waals surface area (Å²) in [6, 6.07) is 19.7. The van der Waals surface area contributed by atoms with Gasteiger partial charge >= 0.3 is 0 Å². The van der Waals surface area contributed by atoms with Crippen molar-refractivity contribution in [3.63, 3.8) is 0 Å². The van der Waals surface area contributed by atoms with Gasteiger partial charge in [-0.25, -0.2) is 0 Å². The predicted octanol–water partition coefficient (Wildman–Crippen LogP) is 3.80. The molecule has 1 aromatic heterocycles. The van der Waals surface area contributed by atoms with Crippen LogP contribution in [0.1, 0.15) is 11.3 Å². The van der Waals surface area contributed by atoms with Crippen LogP contribution in [0.2, 0.25) is 0 Å². The number of hydrogen-bond donors (Lipinski definition) is 1. The number of carbonyl (C=O) groups excluding carboxylic acids is 1. The molecule has 3 aromatic rings. The van der Waals surface area contributed by atoms with Gasteiger partial charge in [0.1, 0.15) is 11.3 Å². The first-order valence-corrected chi connectivity index (χ1v) is 7.30. The summed E-state index contributed by atoms with van der Waals surface area (Å²) >= 11 is 0. The van der Waals surface area contributed by atoms with E-state index in [0.717, 1.165) is 22.3 Å². The van der Waals surface area contributed by atoms with Crippen molar-refractivity contribution >= 4 is 23.0 Å². The fourth-order valence-corrected chi connectivity index (χ4v) is 2.26. The molecule has 0 bridgehead atoms. The van der Waals surface area contributed by atoms with Crippen molar-refractivity contribution in [2.24, 2.45) is 0 Å². The number of amides is 1. The van der Waals surface area contributed by atoms with E-state index in [9.17, 15) is 4.79 Å². The van der Waals surface area contributed by atoms with Crippen LogP contribution in [0.5, 0.6) is 0 Å². The number of furan rings is 1. The maximum atomic E-state index is 11.8. The van der Waals surface area contributed by atoms with Gasteiger partial charge in [0, 0.05) is 24.4 Å². The second kappa shape index (κ2) is 6.76. The molecule has 3 nitrogen and oxygen atoms in total. The van der Waals surface area contributed by atoms with Gasteiger partial charge in [0.2, 0.25) is 5.91 Å². The summed E-state index contributed by atoms with van der Waals surface area (Å²) in [5.41, 5.74) is 1.89. The SMILES string of the molecule is O=C(/C=C/c1ccccc1)NCCc1cc2ccccc2o1. The molecule has 0 aliphatic carbocycles. The highest BCUT2D eigenvalue weighted by molar-refractivity contribution is 5.91. The highest BCUT2D eigenvalue weighted by atomic mass is 16.3. The van der Waals surface area contributed by atoms with Gasteiger partial charge in [-0.2, -0.15) is 0 Å². The first-order chi connectivity index (χ1) is 10.8. The van der Waals surface area contributed by atoms with Gasteiger partial charge in [0.15, 0.2) is 0 Å². The van der Waals surface area contributed by atoms with E-state index in [0.29, 0.717) is 13.0 Å². The zero-order valence-electron chi connectivity index (χ0n) is 12.2. The molecule has 0 aliphatic rings. The number of nitrogens with one attached hydrogen (secondary N) is 1. The average molecular weight is 291 g/mol. The summed E-state index contributed by atoms with van der Waals surface area (Å²) in [6.07, 6.45) is 4.03. The Morgan fingerprint density at radius 2 is 1.82 bits per heavy atom. The van der Waals surface area contributed by atoms with Gasteiger partial charge in [-0.15, -0.1) is 0 Å². The van der Waals surface area contributed by atoms with Crippen LogP contribution >= 0.6 is 0 Å². The van der Waals surface area contributed by atoms with Gasteiger partial charge in [0.05, 0.1) is 0 Å². The molecule has 0 unspecified atom stereocenters. The van der Waals surface area contributed by atoms with Gasteiger partial charge in [-0.1, -0.05) is 48.5 Å². The van der Waals surface area contributed by atoms with Crippen molar-refractivity contribution in [2.75, 3.05) is 6.54 Å². The molecule has 0 radical (unpaired) electrons.